The fraction of sp³-hybridized carbons (Fsp3) is 0.522. The number of ether oxygens (including phenoxy) is 3. The summed E-state index contributed by atoms with van der Waals surface area (Å²) in [4.78, 5) is 70.5. The van der Waals surface area contributed by atoms with Gasteiger partial charge in [-0.25, -0.2) is 15.0 Å². The van der Waals surface area contributed by atoms with E-state index in [9.17, 15) is 23.8 Å². The Bertz CT molecular complexity index is 2380. The minimum atomic E-state index is -4.10. The smallest absolute Gasteiger partial charge is 0.306 e. The molecule has 4 heterocycles. The molecule has 0 spiro atoms. The molecule has 62 heavy (non-hydrogen) atoms. The molecule has 6 atom stereocenters. The largest absolute Gasteiger partial charge is 0.497 e. The minimum Gasteiger partial charge on any atom is -0.497 e. The summed E-state index contributed by atoms with van der Waals surface area (Å²) in [6, 6.07) is 11.4. The Balaban J connectivity index is 1.22. The third kappa shape index (κ3) is 10.0. The fourth-order valence-corrected chi connectivity index (χ4v) is 12.4. The highest BCUT2D eigenvalue weighted by Gasteiger charge is 2.65. The van der Waals surface area contributed by atoms with Gasteiger partial charge in [-0.05, 0) is 81.5 Å². The van der Waals surface area contributed by atoms with Crippen molar-refractivity contribution >= 4 is 64.0 Å². The number of ketones is 1. The second-order valence-electron chi connectivity index (χ2n) is 18.3. The number of likely N-dealkylation sites (tertiary alicyclic amines) is 1. The number of methoxy groups -OCH3 is 1. The first kappa shape index (κ1) is 45.7. The summed E-state index contributed by atoms with van der Waals surface area (Å²) >= 11 is 7.60. The van der Waals surface area contributed by atoms with E-state index < -0.39 is 47.9 Å². The van der Waals surface area contributed by atoms with Gasteiger partial charge in [0.05, 0.1) is 60.3 Å². The lowest BCUT2D eigenvalue weighted by atomic mass is 9.77. The number of anilines is 1. The van der Waals surface area contributed by atoms with E-state index in [0.717, 1.165) is 30.8 Å². The Morgan fingerprint density at radius 2 is 1.85 bits per heavy atom. The summed E-state index contributed by atoms with van der Waals surface area (Å²) in [5, 5.41) is 5.61. The average molecular weight is 906 g/mol. The Morgan fingerprint density at radius 3 is 2.52 bits per heavy atom. The maximum Gasteiger partial charge on any atom is 0.306 e. The van der Waals surface area contributed by atoms with Crippen LogP contribution in [0, 0.1) is 17.3 Å². The highest BCUT2D eigenvalue weighted by molar-refractivity contribution is 7.59. The molecule has 7 rings (SSSR count). The van der Waals surface area contributed by atoms with E-state index in [0.29, 0.717) is 39.5 Å². The Morgan fingerprint density at radius 1 is 1.10 bits per heavy atom. The van der Waals surface area contributed by atoms with Crippen LogP contribution in [0.5, 0.6) is 11.5 Å². The van der Waals surface area contributed by atoms with E-state index in [1.54, 1.807) is 31.4 Å². The molecule has 2 N–H and O–H groups in total. The molecule has 0 radical (unpaired) electrons. The van der Waals surface area contributed by atoms with Crippen LogP contribution in [0.25, 0.3) is 22.3 Å². The van der Waals surface area contributed by atoms with Crippen LogP contribution in [-0.4, -0.2) is 85.5 Å². The van der Waals surface area contributed by atoms with Crippen LogP contribution >= 0.6 is 30.3 Å². The number of Topliss-reactive ketones (excluding diaryl/α,β-unsaturated/α-hetero) is 1. The number of pyridine rings is 2. The van der Waals surface area contributed by atoms with Gasteiger partial charge in [0, 0.05) is 41.8 Å². The fourth-order valence-electron chi connectivity index (χ4n) is 8.91. The molecule has 1 amide bonds. The molecule has 3 fully saturated rings. The van der Waals surface area contributed by atoms with Gasteiger partial charge in [-0.1, -0.05) is 44.5 Å². The van der Waals surface area contributed by atoms with E-state index in [1.165, 1.54) is 16.2 Å². The van der Waals surface area contributed by atoms with E-state index in [2.05, 4.69) is 16.9 Å². The quantitative estimate of drug-likeness (QED) is 0.0446. The Kier molecular flexibility index (Phi) is 13.5. The number of nitrogens with zero attached hydrogens (tertiary/aromatic N) is 4. The zero-order valence-corrected chi connectivity index (χ0v) is 38.7. The molecule has 0 bridgehead atoms. The molecule has 13 nitrogen and oxygen atoms in total. The molecule has 4 aromatic rings. The number of carbonyl (C=O) groups is 3. The first-order valence-electron chi connectivity index (χ1n) is 21.4. The van der Waals surface area contributed by atoms with Gasteiger partial charge in [0.2, 0.25) is 13.3 Å². The van der Waals surface area contributed by atoms with Crippen LogP contribution in [0.1, 0.15) is 91.7 Å². The van der Waals surface area contributed by atoms with Gasteiger partial charge in [0.25, 0.3) is 0 Å². The Hall–Kier alpha value is -4.36. The zero-order valence-electron chi connectivity index (χ0n) is 36.3. The second kappa shape index (κ2) is 18.4. The van der Waals surface area contributed by atoms with E-state index >= 15 is 0 Å². The molecule has 16 heteroatoms. The number of allylic oxidation sites excluding steroid dienone is 1. The van der Waals surface area contributed by atoms with Gasteiger partial charge in [-0.15, -0.1) is 17.9 Å². The molecular weight excluding hydrogens is 849 g/mol. The summed E-state index contributed by atoms with van der Waals surface area (Å²) in [6.45, 7) is 13.7. The lowest BCUT2D eigenvalue weighted by Gasteiger charge is -2.35. The molecule has 3 aliphatic rings. The highest BCUT2D eigenvalue weighted by Crippen LogP contribution is 2.74. The van der Waals surface area contributed by atoms with Gasteiger partial charge >= 0.3 is 5.97 Å². The standard InChI is InChI=1S/C46H57ClN5O8PS/c1-8-28-22-46(28,61(56,57)25-29-12-11-15-41(47)49-29)23-39(53)38-19-32(24-52(38)43(55)34(45(4,5)6)20-42(54)60-30-13-9-10-14-30)59-40-21-36(37-26-62-44(51-37)48-27(2)3)50-35-18-31(58-7)16-17-33(35)40/h8,11-12,15-18,21,26-28,30,32,34,38H,1,9-10,13-14,19-20,22-25H2,2-7H3,(H,48,51)(H,56,57)/t28-,32-,34-,38+,46-/m1/s1. The topological polar surface area (TPSA) is 170 Å². The number of aromatic nitrogens is 3. The maximum absolute atomic E-state index is 15.0. The third-order valence-corrected chi connectivity index (χ3v) is 16.2. The number of carbonyl (C=O) groups excluding carboxylic acids is 3. The lowest BCUT2D eigenvalue weighted by Crippen LogP contribution is -2.48. The van der Waals surface area contributed by atoms with Crippen LogP contribution in [0.4, 0.5) is 5.13 Å². The zero-order chi connectivity index (χ0) is 44.6. The number of benzene rings is 1. The van der Waals surface area contributed by atoms with Crippen molar-refractivity contribution in [1.82, 2.24) is 19.9 Å². The van der Waals surface area contributed by atoms with E-state index in [1.807, 2.05) is 64.3 Å². The van der Waals surface area contributed by atoms with Crippen molar-refractivity contribution in [2.24, 2.45) is 17.3 Å². The normalized spacial score (nSPS) is 22.9. The van der Waals surface area contributed by atoms with Crippen molar-refractivity contribution in [3.8, 4) is 22.9 Å². The van der Waals surface area contributed by atoms with E-state index in [-0.39, 0.29) is 67.4 Å². The number of halogens is 1. The van der Waals surface area contributed by atoms with Crippen LogP contribution in [-0.2, 0) is 29.8 Å². The molecule has 1 aromatic carbocycles. The number of hydrogen-bond acceptors (Lipinski definition) is 12. The minimum absolute atomic E-state index is 0.0368. The van der Waals surface area contributed by atoms with Crippen LogP contribution in [0.3, 0.4) is 0 Å². The number of hydrogen-bond donors (Lipinski definition) is 2. The van der Waals surface area contributed by atoms with Gasteiger partial charge in [0.15, 0.2) is 10.9 Å². The van der Waals surface area contributed by atoms with Crippen molar-refractivity contribution in [3.05, 3.63) is 71.3 Å². The SMILES string of the molecule is C=C[C@@H]1C[C@]1(CC(=O)[C@@H]1C[C@@H](Oc2cc(-c3csc(NC(C)C)n3)nc3cc(OC)ccc23)CN1C(=O)[C@@H](CC(=O)OC1CCCC1)C(C)(C)C)P(=O)(O)Cc1cccc(Cl)n1. The molecule has 3 aromatic heterocycles. The molecule has 2 saturated carbocycles. The van der Waals surface area contributed by atoms with Gasteiger partial charge in [-0.2, -0.15) is 0 Å². The monoisotopic (exact) mass is 905 g/mol. The third-order valence-electron chi connectivity index (χ3n) is 12.4. The predicted octanol–water partition coefficient (Wildman–Crippen LogP) is 9.50. The second-order valence-corrected chi connectivity index (χ2v) is 22.2. The summed E-state index contributed by atoms with van der Waals surface area (Å²) in [5.41, 5.74) is 1.49. The number of esters is 1. The summed E-state index contributed by atoms with van der Waals surface area (Å²) in [7, 11) is -2.51. The van der Waals surface area contributed by atoms with Crippen molar-refractivity contribution in [1.29, 1.82) is 0 Å². The van der Waals surface area contributed by atoms with Crippen molar-refractivity contribution in [3.63, 3.8) is 0 Å². The highest BCUT2D eigenvalue weighted by atomic mass is 35.5. The van der Waals surface area contributed by atoms with Crippen molar-refractivity contribution in [2.75, 3.05) is 19.0 Å². The number of nitrogens with one attached hydrogen (secondary N) is 1. The summed E-state index contributed by atoms with van der Waals surface area (Å²) in [6.07, 6.45) is 4.09. The first-order chi connectivity index (χ1) is 29.4. The predicted molar refractivity (Wildman–Crippen MR) is 242 cm³/mol. The van der Waals surface area contributed by atoms with Gasteiger partial charge < -0.3 is 29.3 Å². The molecule has 2 aliphatic carbocycles. The van der Waals surface area contributed by atoms with Crippen LogP contribution < -0.4 is 14.8 Å². The summed E-state index contributed by atoms with van der Waals surface area (Å²) < 4.78 is 32.6. The summed E-state index contributed by atoms with van der Waals surface area (Å²) in [5.74, 6) is -1.30. The number of thiazole rings is 1. The van der Waals surface area contributed by atoms with Crippen LogP contribution in [0.15, 0.2) is 60.5 Å². The molecule has 1 saturated heterocycles. The lowest BCUT2D eigenvalue weighted by molar-refractivity contribution is -0.156. The maximum atomic E-state index is 15.0. The van der Waals surface area contributed by atoms with Crippen molar-refractivity contribution < 1.29 is 38.1 Å². The Labute approximate surface area is 372 Å². The molecule has 1 unspecified atom stereocenters. The van der Waals surface area contributed by atoms with Crippen molar-refractivity contribution in [2.45, 2.75) is 122 Å². The first-order valence-corrected chi connectivity index (χ1v) is 24.5. The number of amides is 1. The van der Waals surface area contributed by atoms with Gasteiger partial charge in [0.1, 0.15) is 34.6 Å². The van der Waals surface area contributed by atoms with Gasteiger partial charge in [-0.3, -0.25) is 18.9 Å². The molecular formula is C46H57ClN5O8PS. The van der Waals surface area contributed by atoms with E-state index in [4.69, 9.17) is 35.8 Å². The number of fused-ring (bicyclic) bond motifs is 1. The van der Waals surface area contributed by atoms with Crippen LogP contribution in [0.2, 0.25) is 5.15 Å². The molecule has 332 valence electrons. The average Bonchev–Trinajstić information content (AvgIpc) is 3.60. The molecule has 1 aliphatic heterocycles. The number of rotatable bonds is 17.